The number of pyridine rings is 1. The smallest absolute Gasteiger partial charge is 0.350 e. The Bertz CT molecular complexity index is 933. The SMILES string of the molecule is CN(CCn1nc2ccccn2c1=O)CC1COc2ccccc2O1. The lowest BCUT2D eigenvalue weighted by Crippen LogP contribution is -2.41. The lowest BCUT2D eigenvalue weighted by Gasteiger charge is -2.29. The van der Waals surface area contributed by atoms with E-state index in [9.17, 15) is 4.79 Å². The average Bonchev–Trinajstić information content (AvgIpc) is 2.96. The number of nitrogens with zero attached hydrogens (tertiary/aromatic N) is 4. The fourth-order valence-electron chi connectivity index (χ4n) is 2.97. The van der Waals surface area contributed by atoms with Crippen LogP contribution in [0.25, 0.3) is 5.65 Å². The molecule has 1 aromatic carbocycles. The summed E-state index contributed by atoms with van der Waals surface area (Å²) in [5.74, 6) is 1.57. The van der Waals surface area contributed by atoms with Crippen LogP contribution >= 0.6 is 0 Å². The van der Waals surface area contributed by atoms with Crippen LogP contribution in [0.4, 0.5) is 0 Å². The highest BCUT2D eigenvalue weighted by Gasteiger charge is 2.21. The van der Waals surface area contributed by atoms with Crippen LogP contribution in [0.2, 0.25) is 0 Å². The molecule has 3 heterocycles. The molecule has 1 aliphatic heterocycles. The molecule has 1 aliphatic rings. The second-order valence-corrected chi connectivity index (χ2v) is 6.19. The van der Waals surface area contributed by atoms with Crippen LogP contribution < -0.4 is 15.2 Å². The number of ether oxygens (including phenoxy) is 2. The molecule has 7 nitrogen and oxygen atoms in total. The fourth-order valence-corrected chi connectivity index (χ4v) is 2.97. The van der Waals surface area contributed by atoms with Crippen molar-refractivity contribution in [2.24, 2.45) is 0 Å². The van der Waals surface area contributed by atoms with Crippen LogP contribution in [0.15, 0.2) is 53.5 Å². The van der Waals surface area contributed by atoms with E-state index in [4.69, 9.17) is 9.47 Å². The van der Waals surface area contributed by atoms with Crippen LogP contribution in [-0.4, -0.2) is 51.9 Å². The zero-order chi connectivity index (χ0) is 17.2. The van der Waals surface area contributed by atoms with Gasteiger partial charge in [0.1, 0.15) is 12.7 Å². The molecule has 1 atom stereocenters. The number of aromatic nitrogens is 3. The van der Waals surface area contributed by atoms with E-state index in [1.165, 1.54) is 4.68 Å². The molecule has 4 rings (SSSR count). The number of hydrogen-bond donors (Lipinski definition) is 0. The molecular weight excluding hydrogens is 320 g/mol. The second kappa shape index (κ2) is 6.60. The Kier molecular flexibility index (Phi) is 4.15. The molecule has 1 unspecified atom stereocenters. The van der Waals surface area contributed by atoms with Crippen molar-refractivity contribution in [1.29, 1.82) is 0 Å². The van der Waals surface area contributed by atoms with Crippen molar-refractivity contribution in [3.63, 3.8) is 0 Å². The number of rotatable bonds is 5. The van der Waals surface area contributed by atoms with Gasteiger partial charge in [-0.1, -0.05) is 18.2 Å². The minimum Gasteiger partial charge on any atom is -0.486 e. The van der Waals surface area contributed by atoms with E-state index >= 15 is 0 Å². The molecule has 130 valence electrons. The molecule has 3 aromatic rings. The predicted octanol–water partition coefficient (Wildman–Crippen LogP) is 1.27. The van der Waals surface area contributed by atoms with Crippen molar-refractivity contribution in [2.45, 2.75) is 12.6 Å². The Balaban J connectivity index is 1.36. The largest absolute Gasteiger partial charge is 0.486 e. The van der Waals surface area contributed by atoms with Crippen molar-refractivity contribution < 1.29 is 9.47 Å². The molecule has 0 saturated heterocycles. The third-order valence-corrected chi connectivity index (χ3v) is 4.26. The molecule has 25 heavy (non-hydrogen) atoms. The van der Waals surface area contributed by atoms with Crippen molar-refractivity contribution >= 4 is 5.65 Å². The number of fused-ring (bicyclic) bond motifs is 2. The summed E-state index contributed by atoms with van der Waals surface area (Å²) in [6, 6.07) is 13.2. The maximum absolute atomic E-state index is 12.3. The molecule has 0 saturated carbocycles. The summed E-state index contributed by atoms with van der Waals surface area (Å²) in [6.45, 7) is 2.47. The Morgan fingerprint density at radius 2 is 2.00 bits per heavy atom. The normalized spacial score (nSPS) is 16.5. The van der Waals surface area contributed by atoms with Gasteiger partial charge in [0.2, 0.25) is 0 Å². The van der Waals surface area contributed by atoms with Gasteiger partial charge in [0.15, 0.2) is 17.1 Å². The summed E-state index contributed by atoms with van der Waals surface area (Å²) in [5, 5.41) is 4.35. The summed E-state index contributed by atoms with van der Waals surface area (Å²) in [7, 11) is 2.00. The lowest BCUT2D eigenvalue weighted by atomic mass is 10.2. The van der Waals surface area contributed by atoms with Gasteiger partial charge in [0.05, 0.1) is 6.54 Å². The first-order valence-corrected chi connectivity index (χ1v) is 8.32. The van der Waals surface area contributed by atoms with Crippen LogP contribution in [0.5, 0.6) is 11.5 Å². The van der Waals surface area contributed by atoms with E-state index in [1.54, 1.807) is 10.6 Å². The predicted molar refractivity (Wildman–Crippen MR) is 93.3 cm³/mol. The molecule has 0 fully saturated rings. The van der Waals surface area contributed by atoms with Gasteiger partial charge >= 0.3 is 5.69 Å². The summed E-state index contributed by atoms with van der Waals surface area (Å²) in [4.78, 5) is 14.4. The van der Waals surface area contributed by atoms with E-state index in [0.29, 0.717) is 25.3 Å². The molecule has 0 radical (unpaired) electrons. The maximum atomic E-state index is 12.3. The summed E-state index contributed by atoms with van der Waals surface area (Å²) < 4.78 is 14.8. The highest BCUT2D eigenvalue weighted by atomic mass is 16.6. The first kappa shape index (κ1) is 15.7. The van der Waals surface area contributed by atoms with Gasteiger partial charge in [-0.05, 0) is 31.3 Å². The van der Waals surface area contributed by atoms with Crippen LogP contribution in [-0.2, 0) is 6.54 Å². The summed E-state index contributed by atoms with van der Waals surface area (Å²) >= 11 is 0. The topological polar surface area (TPSA) is 61.0 Å². The Hall–Kier alpha value is -2.80. The van der Waals surface area contributed by atoms with Gasteiger partial charge in [-0.15, -0.1) is 5.10 Å². The standard InChI is InChI=1S/C18H20N4O3/c1-20(12-14-13-24-15-6-2-3-7-16(15)25-14)10-11-22-18(23)21-9-5-4-8-17(21)19-22/h2-9,14H,10-13H2,1H3. The Labute approximate surface area is 145 Å². The summed E-state index contributed by atoms with van der Waals surface area (Å²) in [5.41, 5.74) is 0.547. The summed E-state index contributed by atoms with van der Waals surface area (Å²) in [6.07, 6.45) is 1.70. The lowest BCUT2D eigenvalue weighted by molar-refractivity contribution is 0.0644. The first-order chi connectivity index (χ1) is 12.2. The Morgan fingerprint density at radius 1 is 1.20 bits per heavy atom. The molecule has 0 aliphatic carbocycles. The van der Waals surface area contributed by atoms with Gasteiger partial charge in [-0.25, -0.2) is 9.48 Å². The maximum Gasteiger partial charge on any atom is 0.350 e. The van der Waals surface area contributed by atoms with E-state index < -0.39 is 0 Å². The highest BCUT2D eigenvalue weighted by Crippen LogP contribution is 2.30. The fraction of sp³-hybridized carbons (Fsp3) is 0.333. The molecule has 0 N–H and O–H groups in total. The molecular formula is C18H20N4O3. The van der Waals surface area contributed by atoms with Gasteiger partial charge in [-0.3, -0.25) is 4.40 Å². The second-order valence-electron chi connectivity index (χ2n) is 6.19. The molecule has 0 bridgehead atoms. The van der Waals surface area contributed by atoms with Gasteiger partial charge in [-0.2, -0.15) is 0 Å². The van der Waals surface area contributed by atoms with Gasteiger partial charge in [0.25, 0.3) is 0 Å². The number of benzene rings is 1. The van der Waals surface area contributed by atoms with E-state index in [-0.39, 0.29) is 11.8 Å². The van der Waals surface area contributed by atoms with Gasteiger partial charge in [0, 0.05) is 19.3 Å². The van der Waals surface area contributed by atoms with Crippen LogP contribution in [0.1, 0.15) is 0 Å². The van der Waals surface area contributed by atoms with Crippen molar-refractivity contribution in [1.82, 2.24) is 19.1 Å². The minimum absolute atomic E-state index is 0.0299. The number of para-hydroxylation sites is 2. The quantitative estimate of drug-likeness (QED) is 0.700. The van der Waals surface area contributed by atoms with E-state index in [2.05, 4.69) is 10.00 Å². The monoisotopic (exact) mass is 340 g/mol. The van der Waals surface area contributed by atoms with Crippen molar-refractivity contribution in [3.05, 3.63) is 59.1 Å². The minimum atomic E-state index is -0.116. The van der Waals surface area contributed by atoms with Crippen LogP contribution in [0, 0.1) is 0 Å². The van der Waals surface area contributed by atoms with E-state index in [1.807, 2.05) is 49.5 Å². The first-order valence-electron chi connectivity index (χ1n) is 8.32. The zero-order valence-corrected chi connectivity index (χ0v) is 14.0. The molecule has 2 aromatic heterocycles. The third kappa shape index (κ3) is 3.23. The molecule has 0 spiro atoms. The Morgan fingerprint density at radius 3 is 2.84 bits per heavy atom. The number of hydrogen-bond acceptors (Lipinski definition) is 5. The third-order valence-electron chi connectivity index (χ3n) is 4.26. The van der Waals surface area contributed by atoms with Crippen molar-refractivity contribution in [2.75, 3.05) is 26.7 Å². The van der Waals surface area contributed by atoms with Crippen LogP contribution in [0.3, 0.4) is 0 Å². The highest BCUT2D eigenvalue weighted by molar-refractivity contribution is 5.40. The zero-order valence-electron chi connectivity index (χ0n) is 14.0. The molecule has 0 amide bonds. The average molecular weight is 340 g/mol. The molecule has 7 heteroatoms. The van der Waals surface area contributed by atoms with E-state index in [0.717, 1.165) is 18.0 Å². The van der Waals surface area contributed by atoms with Crippen molar-refractivity contribution in [3.8, 4) is 11.5 Å². The number of likely N-dealkylation sites (N-methyl/N-ethyl adjacent to an activating group) is 1. The van der Waals surface area contributed by atoms with Gasteiger partial charge < -0.3 is 14.4 Å².